The molecule has 0 radical (unpaired) electrons. The van der Waals surface area contributed by atoms with E-state index < -0.39 is 23.2 Å². The number of fused-ring (bicyclic) bond motifs is 2. The van der Waals surface area contributed by atoms with Crippen LogP contribution in [0.2, 0.25) is 0 Å². The number of carbonyl (C=O) groups is 2. The summed E-state index contributed by atoms with van der Waals surface area (Å²) in [6.45, 7) is 2.63. The molecule has 0 spiro atoms. The minimum absolute atomic E-state index is 0.00351. The molecule has 2 heterocycles. The predicted octanol–water partition coefficient (Wildman–Crippen LogP) is 5.79. The number of nitrogens with one attached hydrogen (secondary N) is 1. The molecule has 1 saturated carbocycles. The highest BCUT2D eigenvalue weighted by molar-refractivity contribution is 6.03. The van der Waals surface area contributed by atoms with E-state index >= 15 is 0 Å². The van der Waals surface area contributed by atoms with Gasteiger partial charge in [-0.25, -0.2) is 13.2 Å². The SMILES string of the molecule is CC(=O)N1CC2CC(c3ccc(CCCOc4c(F)ccc(F)c4F)cc3)=C(C(=O)N(Cc3ccccc3F)C3CC3)[C@@H](C1)N2. The van der Waals surface area contributed by atoms with Crippen molar-refractivity contribution in [3.8, 4) is 5.75 Å². The van der Waals surface area contributed by atoms with Gasteiger partial charge in [-0.1, -0.05) is 42.5 Å². The van der Waals surface area contributed by atoms with E-state index in [2.05, 4.69) is 5.32 Å². The Kier molecular flexibility index (Phi) is 8.94. The van der Waals surface area contributed by atoms with E-state index in [9.17, 15) is 27.2 Å². The molecule has 6 rings (SSSR count). The van der Waals surface area contributed by atoms with Crippen molar-refractivity contribution in [2.75, 3.05) is 19.7 Å². The summed E-state index contributed by atoms with van der Waals surface area (Å²) in [6.07, 6.45) is 3.28. The second-order valence-electron chi connectivity index (χ2n) is 12.0. The molecule has 2 bridgehead atoms. The highest BCUT2D eigenvalue weighted by Crippen LogP contribution is 2.37. The van der Waals surface area contributed by atoms with Crippen LogP contribution < -0.4 is 10.1 Å². The first-order valence-electron chi connectivity index (χ1n) is 15.3. The Morgan fingerprint density at radius 3 is 2.38 bits per heavy atom. The van der Waals surface area contributed by atoms with Gasteiger partial charge < -0.3 is 19.9 Å². The third-order valence-electron chi connectivity index (χ3n) is 8.79. The van der Waals surface area contributed by atoms with E-state index in [0.29, 0.717) is 43.5 Å². The number of rotatable bonds is 10. The molecule has 0 aromatic heterocycles. The molecule has 3 aromatic rings. The topological polar surface area (TPSA) is 61.9 Å². The zero-order chi connectivity index (χ0) is 31.7. The predicted molar refractivity (Wildman–Crippen MR) is 161 cm³/mol. The molecular formula is C35H35F4N3O3. The van der Waals surface area contributed by atoms with Crippen LogP contribution in [0.5, 0.6) is 5.75 Å². The standard InChI is InChI=1S/C35H35F4N3O3/c1-21(43)41-19-25-17-27(23-10-8-22(9-11-23)5-4-16-45-34-30(38)15-14-29(37)33(34)39)32(31(20-41)40-25)35(44)42(26-12-13-26)18-24-6-2-3-7-28(24)36/h2-3,6-11,14-15,25-26,31,40H,4-5,12-13,16-20H2,1H3/t25?,31-/m1/s1. The average molecular weight is 622 g/mol. The van der Waals surface area contributed by atoms with Crippen LogP contribution in [0.4, 0.5) is 17.6 Å². The van der Waals surface area contributed by atoms with Crippen molar-refractivity contribution in [1.82, 2.24) is 15.1 Å². The third-order valence-corrected chi connectivity index (χ3v) is 8.79. The molecule has 1 N–H and O–H groups in total. The molecule has 236 valence electrons. The lowest BCUT2D eigenvalue weighted by molar-refractivity contribution is -0.132. The van der Waals surface area contributed by atoms with Gasteiger partial charge in [0.25, 0.3) is 5.91 Å². The third kappa shape index (κ3) is 6.76. The molecule has 2 atom stereocenters. The second kappa shape index (κ2) is 13.0. The summed E-state index contributed by atoms with van der Waals surface area (Å²) in [4.78, 5) is 30.3. The van der Waals surface area contributed by atoms with Gasteiger partial charge in [0.15, 0.2) is 17.4 Å². The van der Waals surface area contributed by atoms with Gasteiger partial charge in [-0.05, 0) is 67.0 Å². The van der Waals surface area contributed by atoms with Crippen LogP contribution in [-0.4, -0.2) is 59.4 Å². The summed E-state index contributed by atoms with van der Waals surface area (Å²) in [6, 6.07) is 15.6. The van der Waals surface area contributed by atoms with Crippen molar-refractivity contribution in [1.29, 1.82) is 0 Å². The quantitative estimate of drug-likeness (QED) is 0.177. The Bertz CT molecular complexity index is 1620. The summed E-state index contributed by atoms with van der Waals surface area (Å²) in [5.41, 5.74) is 3.86. The van der Waals surface area contributed by atoms with Crippen LogP contribution >= 0.6 is 0 Å². The van der Waals surface area contributed by atoms with Crippen LogP contribution in [0.25, 0.3) is 5.57 Å². The molecule has 1 unspecified atom stereocenters. The summed E-state index contributed by atoms with van der Waals surface area (Å²) >= 11 is 0. The monoisotopic (exact) mass is 621 g/mol. The summed E-state index contributed by atoms with van der Waals surface area (Å²) in [5.74, 6) is -4.71. The van der Waals surface area contributed by atoms with Crippen LogP contribution in [0.15, 0.2) is 66.2 Å². The normalized spacial score (nSPS) is 19.4. The molecule has 3 aliphatic rings. The molecule has 2 amide bonds. The van der Waals surface area contributed by atoms with Crippen molar-refractivity contribution in [3.63, 3.8) is 0 Å². The van der Waals surface area contributed by atoms with Crippen molar-refractivity contribution in [2.24, 2.45) is 0 Å². The Morgan fingerprint density at radius 2 is 1.67 bits per heavy atom. The first kappa shape index (κ1) is 30.8. The van der Waals surface area contributed by atoms with Gasteiger partial charge in [0.05, 0.1) is 12.6 Å². The molecule has 6 nitrogen and oxygen atoms in total. The minimum Gasteiger partial charge on any atom is -0.488 e. The van der Waals surface area contributed by atoms with Crippen molar-refractivity contribution in [2.45, 2.75) is 63.7 Å². The number of nitrogens with zero attached hydrogens (tertiary/aromatic N) is 2. The molecule has 3 aromatic carbocycles. The van der Waals surface area contributed by atoms with Gasteiger partial charge in [-0.3, -0.25) is 9.59 Å². The van der Waals surface area contributed by atoms with Crippen molar-refractivity contribution >= 4 is 17.4 Å². The zero-order valence-corrected chi connectivity index (χ0v) is 25.0. The Labute approximate surface area is 259 Å². The molecule has 45 heavy (non-hydrogen) atoms. The lowest BCUT2D eigenvalue weighted by Crippen LogP contribution is -2.61. The molecule has 10 heteroatoms. The molecule has 2 fully saturated rings. The number of hydrogen-bond donors (Lipinski definition) is 1. The molecule has 2 aliphatic heterocycles. The van der Waals surface area contributed by atoms with E-state index in [1.807, 2.05) is 24.3 Å². The molecule has 1 aliphatic carbocycles. The first-order valence-corrected chi connectivity index (χ1v) is 15.3. The number of ether oxygens (including phenoxy) is 1. The largest absolute Gasteiger partial charge is 0.488 e. The summed E-state index contributed by atoms with van der Waals surface area (Å²) < 4.78 is 61.0. The maximum atomic E-state index is 14.6. The van der Waals surface area contributed by atoms with Gasteiger partial charge in [0.1, 0.15) is 5.82 Å². The van der Waals surface area contributed by atoms with E-state index in [1.54, 1.807) is 28.0 Å². The molecular weight excluding hydrogens is 586 g/mol. The lowest BCUT2D eigenvalue weighted by Gasteiger charge is -2.44. The molecule has 1 saturated heterocycles. The van der Waals surface area contributed by atoms with Crippen LogP contribution in [0, 0.1) is 23.3 Å². The van der Waals surface area contributed by atoms with Gasteiger partial charge in [-0.15, -0.1) is 0 Å². The number of piperazine rings is 1. The highest BCUT2D eigenvalue weighted by atomic mass is 19.2. The fourth-order valence-electron chi connectivity index (χ4n) is 6.31. The van der Waals surface area contributed by atoms with Crippen LogP contribution in [0.3, 0.4) is 0 Å². The van der Waals surface area contributed by atoms with E-state index in [0.717, 1.165) is 41.7 Å². The number of carbonyl (C=O) groups excluding carboxylic acids is 2. The summed E-state index contributed by atoms with van der Waals surface area (Å²) in [7, 11) is 0. The van der Waals surface area contributed by atoms with Gasteiger partial charge in [0.2, 0.25) is 11.7 Å². The van der Waals surface area contributed by atoms with Crippen LogP contribution in [-0.2, 0) is 22.6 Å². The zero-order valence-electron chi connectivity index (χ0n) is 25.0. The van der Waals surface area contributed by atoms with Crippen molar-refractivity contribution in [3.05, 3.63) is 106 Å². The van der Waals surface area contributed by atoms with E-state index in [1.165, 1.54) is 13.0 Å². The minimum atomic E-state index is -1.34. The Morgan fingerprint density at radius 1 is 0.933 bits per heavy atom. The van der Waals surface area contributed by atoms with Gasteiger partial charge in [0, 0.05) is 49.8 Å². The fraction of sp³-hybridized carbons (Fsp3) is 0.371. The lowest BCUT2D eigenvalue weighted by atomic mass is 9.82. The maximum Gasteiger partial charge on any atom is 0.252 e. The fourth-order valence-corrected chi connectivity index (χ4v) is 6.31. The highest BCUT2D eigenvalue weighted by Gasteiger charge is 2.43. The second-order valence-corrected chi connectivity index (χ2v) is 12.0. The van der Waals surface area contributed by atoms with E-state index in [-0.39, 0.29) is 48.9 Å². The maximum absolute atomic E-state index is 14.6. The Balaban J connectivity index is 1.23. The van der Waals surface area contributed by atoms with Gasteiger partial charge in [-0.2, -0.15) is 4.39 Å². The number of aryl methyl sites for hydroxylation is 1. The first-order chi connectivity index (χ1) is 21.7. The van der Waals surface area contributed by atoms with E-state index in [4.69, 9.17) is 4.74 Å². The van der Waals surface area contributed by atoms with Crippen molar-refractivity contribution < 1.29 is 31.9 Å². The number of amides is 2. The Hall–Kier alpha value is -4.18. The van der Waals surface area contributed by atoms with Crippen LogP contribution in [0.1, 0.15) is 49.3 Å². The number of halogens is 4. The number of benzene rings is 3. The number of hydrogen-bond acceptors (Lipinski definition) is 4. The van der Waals surface area contributed by atoms with Gasteiger partial charge >= 0.3 is 0 Å². The summed E-state index contributed by atoms with van der Waals surface area (Å²) in [5, 5.41) is 3.56. The average Bonchev–Trinajstić information content (AvgIpc) is 3.87. The smallest absolute Gasteiger partial charge is 0.252 e.